The lowest BCUT2D eigenvalue weighted by molar-refractivity contribution is -0.136. The summed E-state index contributed by atoms with van der Waals surface area (Å²) in [4.78, 5) is 29.0. The summed E-state index contributed by atoms with van der Waals surface area (Å²) < 4.78 is 0. The van der Waals surface area contributed by atoms with Gasteiger partial charge in [0, 0.05) is 17.8 Å². The highest BCUT2D eigenvalue weighted by Crippen LogP contribution is 2.32. The average Bonchev–Trinajstić information content (AvgIpc) is 3.03. The molecule has 1 saturated heterocycles. The van der Waals surface area contributed by atoms with Crippen LogP contribution in [-0.4, -0.2) is 41.3 Å². The molecule has 2 heterocycles. The monoisotopic (exact) mass is 350 g/mol. The van der Waals surface area contributed by atoms with Gasteiger partial charge in [-0.1, -0.05) is 18.2 Å². The van der Waals surface area contributed by atoms with Crippen LogP contribution in [0.15, 0.2) is 30.3 Å². The van der Waals surface area contributed by atoms with Gasteiger partial charge in [-0.25, -0.2) is 0 Å². The number of halogens is 1. The molecular formula is C17H23ClN4O2. The quantitative estimate of drug-likeness (QED) is 0.784. The zero-order chi connectivity index (χ0) is 16.2. The molecule has 0 aliphatic carbocycles. The van der Waals surface area contributed by atoms with E-state index in [1.807, 2.05) is 23.1 Å². The van der Waals surface area contributed by atoms with Gasteiger partial charge in [-0.15, -0.1) is 12.4 Å². The van der Waals surface area contributed by atoms with Crippen LogP contribution in [0.25, 0.3) is 10.9 Å². The van der Waals surface area contributed by atoms with Gasteiger partial charge in [0.1, 0.15) is 0 Å². The van der Waals surface area contributed by atoms with E-state index >= 15 is 0 Å². The van der Waals surface area contributed by atoms with Gasteiger partial charge in [-0.2, -0.15) is 0 Å². The Morgan fingerprint density at radius 1 is 1.29 bits per heavy atom. The summed E-state index contributed by atoms with van der Waals surface area (Å²) in [6, 6.07) is 10.3. The molecule has 0 saturated carbocycles. The number of carbonyl (C=O) groups is 2. The first kappa shape index (κ1) is 18.3. The minimum absolute atomic E-state index is 0. The van der Waals surface area contributed by atoms with Crippen LogP contribution < -0.4 is 11.1 Å². The Morgan fingerprint density at radius 3 is 2.83 bits per heavy atom. The van der Waals surface area contributed by atoms with Crippen LogP contribution in [-0.2, 0) is 9.59 Å². The number of piperidine rings is 1. The minimum atomic E-state index is -0.308. The molecule has 1 fully saturated rings. The van der Waals surface area contributed by atoms with E-state index in [4.69, 9.17) is 5.73 Å². The number of rotatable bonds is 4. The number of amides is 2. The van der Waals surface area contributed by atoms with E-state index in [9.17, 15) is 9.59 Å². The third-order valence-corrected chi connectivity index (χ3v) is 4.36. The van der Waals surface area contributed by atoms with E-state index in [1.165, 1.54) is 0 Å². The molecule has 1 atom stereocenters. The molecule has 1 aliphatic heterocycles. The van der Waals surface area contributed by atoms with E-state index < -0.39 is 0 Å². The lowest BCUT2D eigenvalue weighted by Crippen LogP contribution is -2.45. The number of likely N-dealkylation sites (tertiary alicyclic amines) is 1. The number of hydrogen-bond donors (Lipinski definition) is 3. The molecule has 130 valence electrons. The van der Waals surface area contributed by atoms with Crippen molar-refractivity contribution in [3.63, 3.8) is 0 Å². The van der Waals surface area contributed by atoms with E-state index in [1.54, 1.807) is 0 Å². The lowest BCUT2D eigenvalue weighted by Gasteiger charge is -2.35. The Labute approximate surface area is 147 Å². The number of benzene rings is 1. The Kier molecular flexibility index (Phi) is 6.23. The molecule has 24 heavy (non-hydrogen) atoms. The van der Waals surface area contributed by atoms with E-state index in [-0.39, 0.29) is 43.4 Å². The fourth-order valence-electron chi connectivity index (χ4n) is 3.18. The SMILES string of the molecule is Cl.NCC(=O)NCC(=O)N1CCCCC1c1cc2ccccc2[nH]1. The number of nitrogens with one attached hydrogen (secondary N) is 2. The molecule has 0 spiro atoms. The van der Waals surface area contributed by atoms with Crippen molar-refractivity contribution in [1.82, 2.24) is 15.2 Å². The molecule has 1 unspecified atom stereocenters. The summed E-state index contributed by atoms with van der Waals surface area (Å²) in [5.41, 5.74) is 7.40. The third kappa shape index (κ3) is 3.88. The van der Waals surface area contributed by atoms with Crippen LogP contribution in [0.4, 0.5) is 0 Å². The fraction of sp³-hybridized carbons (Fsp3) is 0.412. The first-order valence-electron chi connectivity index (χ1n) is 8.03. The number of nitrogens with zero attached hydrogens (tertiary/aromatic N) is 1. The van der Waals surface area contributed by atoms with Crippen LogP contribution in [0, 0.1) is 0 Å². The van der Waals surface area contributed by atoms with Crippen molar-refractivity contribution < 1.29 is 9.59 Å². The standard InChI is InChI=1S/C17H22N4O2.ClH/c18-10-16(22)19-11-17(23)21-8-4-3-7-15(21)14-9-12-5-1-2-6-13(12)20-14;/h1-2,5-6,9,15,20H,3-4,7-8,10-11,18H2,(H,19,22);1H. The van der Waals surface area contributed by atoms with Crippen molar-refractivity contribution in [2.75, 3.05) is 19.6 Å². The van der Waals surface area contributed by atoms with Crippen molar-refractivity contribution in [2.24, 2.45) is 5.73 Å². The molecule has 3 rings (SSSR count). The first-order valence-corrected chi connectivity index (χ1v) is 8.03. The molecule has 0 bridgehead atoms. The highest BCUT2D eigenvalue weighted by molar-refractivity contribution is 5.86. The summed E-state index contributed by atoms with van der Waals surface area (Å²) >= 11 is 0. The van der Waals surface area contributed by atoms with Crippen LogP contribution in [0.5, 0.6) is 0 Å². The molecule has 7 heteroatoms. The number of aromatic nitrogens is 1. The zero-order valence-corrected chi connectivity index (χ0v) is 14.3. The van der Waals surface area contributed by atoms with Gasteiger partial charge in [0.2, 0.25) is 11.8 Å². The number of nitrogens with two attached hydrogens (primary N) is 1. The smallest absolute Gasteiger partial charge is 0.242 e. The molecular weight excluding hydrogens is 328 g/mol. The fourth-order valence-corrected chi connectivity index (χ4v) is 3.18. The summed E-state index contributed by atoms with van der Waals surface area (Å²) in [6.07, 6.45) is 3.02. The summed E-state index contributed by atoms with van der Waals surface area (Å²) in [5, 5.41) is 3.71. The van der Waals surface area contributed by atoms with Crippen LogP contribution in [0.1, 0.15) is 31.0 Å². The molecule has 2 amide bonds. The number of para-hydroxylation sites is 1. The number of fused-ring (bicyclic) bond motifs is 1. The van der Waals surface area contributed by atoms with Crippen molar-refractivity contribution in [3.8, 4) is 0 Å². The van der Waals surface area contributed by atoms with Gasteiger partial charge in [0.05, 0.1) is 19.1 Å². The second-order valence-electron chi connectivity index (χ2n) is 5.89. The molecule has 1 aromatic heterocycles. The van der Waals surface area contributed by atoms with Crippen LogP contribution >= 0.6 is 12.4 Å². The van der Waals surface area contributed by atoms with Gasteiger partial charge in [-0.05, 0) is 36.8 Å². The van der Waals surface area contributed by atoms with Crippen molar-refractivity contribution in [1.29, 1.82) is 0 Å². The Morgan fingerprint density at radius 2 is 2.08 bits per heavy atom. The summed E-state index contributed by atoms with van der Waals surface area (Å²) in [7, 11) is 0. The maximum Gasteiger partial charge on any atom is 0.242 e. The van der Waals surface area contributed by atoms with E-state index in [0.29, 0.717) is 0 Å². The zero-order valence-electron chi connectivity index (χ0n) is 13.5. The lowest BCUT2D eigenvalue weighted by atomic mass is 9.99. The number of aromatic amines is 1. The van der Waals surface area contributed by atoms with Gasteiger partial charge in [0.15, 0.2) is 0 Å². The molecule has 1 aromatic carbocycles. The van der Waals surface area contributed by atoms with Gasteiger partial charge >= 0.3 is 0 Å². The maximum atomic E-state index is 12.5. The molecule has 6 nitrogen and oxygen atoms in total. The first-order chi connectivity index (χ1) is 11.2. The topological polar surface area (TPSA) is 91.2 Å². The molecule has 0 radical (unpaired) electrons. The Balaban J connectivity index is 0.00000208. The minimum Gasteiger partial charge on any atom is -0.357 e. The van der Waals surface area contributed by atoms with Gasteiger partial charge in [-0.3, -0.25) is 9.59 Å². The Bertz CT molecular complexity index is 682. The predicted octanol–water partition coefficient (Wildman–Crippen LogP) is 1.72. The number of hydrogen-bond acceptors (Lipinski definition) is 3. The van der Waals surface area contributed by atoms with Crippen LogP contribution in [0.2, 0.25) is 0 Å². The van der Waals surface area contributed by atoms with Crippen molar-refractivity contribution in [3.05, 3.63) is 36.0 Å². The van der Waals surface area contributed by atoms with Gasteiger partial charge in [0.25, 0.3) is 0 Å². The van der Waals surface area contributed by atoms with Gasteiger partial charge < -0.3 is 20.9 Å². The maximum absolute atomic E-state index is 12.5. The highest BCUT2D eigenvalue weighted by Gasteiger charge is 2.29. The molecule has 2 aromatic rings. The highest BCUT2D eigenvalue weighted by atomic mass is 35.5. The largest absolute Gasteiger partial charge is 0.357 e. The Hall–Kier alpha value is -2.05. The third-order valence-electron chi connectivity index (χ3n) is 4.36. The number of H-pyrrole nitrogens is 1. The molecule has 1 aliphatic rings. The second kappa shape index (κ2) is 8.17. The predicted molar refractivity (Wildman–Crippen MR) is 95.9 cm³/mol. The molecule has 4 N–H and O–H groups in total. The van der Waals surface area contributed by atoms with E-state index in [0.717, 1.165) is 42.4 Å². The van der Waals surface area contributed by atoms with Crippen molar-refractivity contribution in [2.45, 2.75) is 25.3 Å². The average molecular weight is 351 g/mol. The second-order valence-corrected chi connectivity index (χ2v) is 5.89. The summed E-state index contributed by atoms with van der Waals surface area (Å²) in [6.45, 7) is 0.628. The summed E-state index contributed by atoms with van der Waals surface area (Å²) in [5.74, 6) is -0.368. The number of carbonyl (C=O) groups excluding carboxylic acids is 2. The van der Waals surface area contributed by atoms with Crippen LogP contribution in [0.3, 0.4) is 0 Å². The van der Waals surface area contributed by atoms with Crippen molar-refractivity contribution >= 4 is 35.1 Å². The van der Waals surface area contributed by atoms with E-state index in [2.05, 4.69) is 22.4 Å². The normalized spacial score (nSPS) is 17.4.